The Kier molecular flexibility index (Phi) is 10.6. The molecule has 11 nitrogen and oxygen atoms in total. The topological polar surface area (TPSA) is 174 Å². The maximum atomic E-state index is 12.7. The minimum atomic E-state index is -1.37. The van der Waals surface area contributed by atoms with E-state index in [-0.39, 0.29) is 18.1 Å². The molecule has 0 aromatic heterocycles. The van der Waals surface area contributed by atoms with Gasteiger partial charge < -0.3 is 31.5 Å². The largest absolute Gasteiger partial charge is 0.481 e. The average Bonchev–Trinajstić information content (AvgIpc) is 3.18. The van der Waals surface area contributed by atoms with Gasteiger partial charge in [-0.3, -0.25) is 19.2 Å². The van der Waals surface area contributed by atoms with Crippen molar-refractivity contribution in [3.63, 3.8) is 0 Å². The molecule has 12 heteroatoms. The molecule has 1 aliphatic rings. The van der Waals surface area contributed by atoms with Crippen LogP contribution in [0.4, 0.5) is 0 Å². The minimum absolute atomic E-state index is 0.0319. The molecule has 0 bridgehead atoms. The number of hydrogen-bond donors (Lipinski definition) is 7. The Labute approximate surface area is 180 Å². The molecule has 0 radical (unpaired) electrons. The molecule has 170 valence electrons. The predicted molar refractivity (Wildman–Crippen MR) is 110 cm³/mol. The van der Waals surface area contributed by atoms with Crippen LogP contribution in [0, 0.1) is 5.92 Å². The summed E-state index contributed by atoms with van der Waals surface area (Å²) in [6.07, 6.45) is 0.898. The van der Waals surface area contributed by atoms with Gasteiger partial charge in [0, 0.05) is 5.75 Å². The Morgan fingerprint density at radius 1 is 1.00 bits per heavy atom. The molecular weight excluding hydrogens is 416 g/mol. The van der Waals surface area contributed by atoms with Crippen molar-refractivity contribution in [2.24, 2.45) is 5.92 Å². The smallest absolute Gasteiger partial charge is 0.327 e. The van der Waals surface area contributed by atoms with Crippen LogP contribution in [-0.4, -0.2) is 76.3 Å². The van der Waals surface area contributed by atoms with Gasteiger partial charge in [-0.25, -0.2) is 4.79 Å². The van der Waals surface area contributed by atoms with Crippen molar-refractivity contribution in [2.75, 3.05) is 12.3 Å². The van der Waals surface area contributed by atoms with Crippen molar-refractivity contribution in [3.05, 3.63) is 0 Å². The van der Waals surface area contributed by atoms with Gasteiger partial charge in [-0.2, -0.15) is 12.6 Å². The van der Waals surface area contributed by atoms with Crippen molar-refractivity contribution >= 4 is 42.3 Å². The summed E-state index contributed by atoms with van der Waals surface area (Å²) >= 11 is 3.89. The fourth-order valence-corrected chi connectivity index (χ4v) is 3.25. The van der Waals surface area contributed by atoms with E-state index in [1.807, 2.05) is 13.8 Å². The number of aliphatic carboxylic acids is 2. The Morgan fingerprint density at radius 3 is 2.07 bits per heavy atom. The number of nitrogens with one attached hydrogen (secondary N) is 4. The highest BCUT2D eigenvalue weighted by molar-refractivity contribution is 7.80. The molecule has 3 amide bonds. The van der Waals surface area contributed by atoms with Crippen LogP contribution in [0.25, 0.3) is 0 Å². The zero-order valence-corrected chi connectivity index (χ0v) is 17.9. The van der Waals surface area contributed by atoms with Gasteiger partial charge in [0.15, 0.2) is 0 Å². The van der Waals surface area contributed by atoms with Gasteiger partial charge in [0.25, 0.3) is 0 Å². The Bertz CT molecular complexity index is 652. The first kappa shape index (κ1) is 25.7. The summed E-state index contributed by atoms with van der Waals surface area (Å²) < 4.78 is 0. The summed E-state index contributed by atoms with van der Waals surface area (Å²) in [7, 11) is 0. The molecule has 0 aliphatic carbocycles. The molecule has 1 aliphatic heterocycles. The third-order valence-corrected chi connectivity index (χ3v) is 4.89. The van der Waals surface area contributed by atoms with Crippen LogP contribution in [0.2, 0.25) is 0 Å². The summed E-state index contributed by atoms with van der Waals surface area (Å²) in [6.45, 7) is 4.27. The standard InChI is InChI=1S/C18H30N4O7S/c1-9(2)6-11(16(26)22-13(8-30)18(28)29)20-17(27)12(7-14(23)24)21-15(25)10-4-3-5-19-10/h9-13,19,30H,3-8H2,1-2H3,(H,20,27)(H,21,25)(H,22,26)(H,23,24)(H,28,29). The van der Waals surface area contributed by atoms with E-state index in [0.717, 1.165) is 6.42 Å². The van der Waals surface area contributed by atoms with Crippen LogP contribution in [0.1, 0.15) is 39.5 Å². The Morgan fingerprint density at radius 2 is 1.60 bits per heavy atom. The molecule has 1 fully saturated rings. The molecule has 30 heavy (non-hydrogen) atoms. The van der Waals surface area contributed by atoms with Crippen LogP contribution in [0.3, 0.4) is 0 Å². The van der Waals surface area contributed by atoms with Gasteiger partial charge in [0.1, 0.15) is 18.1 Å². The number of carbonyl (C=O) groups excluding carboxylic acids is 3. The fourth-order valence-electron chi connectivity index (χ4n) is 3.00. The third kappa shape index (κ3) is 8.57. The monoisotopic (exact) mass is 446 g/mol. The van der Waals surface area contributed by atoms with E-state index in [0.29, 0.717) is 13.0 Å². The van der Waals surface area contributed by atoms with E-state index >= 15 is 0 Å². The van der Waals surface area contributed by atoms with E-state index in [1.165, 1.54) is 0 Å². The van der Waals surface area contributed by atoms with Crippen molar-refractivity contribution in [1.29, 1.82) is 0 Å². The minimum Gasteiger partial charge on any atom is -0.481 e. The summed E-state index contributed by atoms with van der Waals surface area (Å²) in [5.74, 6) is -4.78. The number of thiol groups is 1. The van der Waals surface area contributed by atoms with Gasteiger partial charge in [-0.15, -0.1) is 0 Å². The Hall–Kier alpha value is -2.34. The fraction of sp³-hybridized carbons (Fsp3) is 0.722. The quantitative estimate of drug-likeness (QED) is 0.182. The Balaban J connectivity index is 2.89. The third-order valence-electron chi connectivity index (χ3n) is 4.53. The highest BCUT2D eigenvalue weighted by Gasteiger charge is 2.32. The lowest BCUT2D eigenvalue weighted by molar-refractivity contribution is -0.143. The predicted octanol–water partition coefficient (Wildman–Crippen LogP) is -1.27. The lowest BCUT2D eigenvalue weighted by Crippen LogP contribution is -2.57. The molecule has 0 saturated carbocycles. The maximum Gasteiger partial charge on any atom is 0.327 e. The normalized spacial score (nSPS) is 18.9. The molecule has 0 aromatic carbocycles. The zero-order chi connectivity index (χ0) is 22.8. The molecule has 4 atom stereocenters. The molecule has 0 aromatic rings. The number of rotatable bonds is 12. The first-order chi connectivity index (χ1) is 14.0. The van der Waals surface area contributed by atoms with Crippen LogP contribution < -0.4 is 21.3 Å². The van der Waals surface area contributed by atoms with E-state index in [1.54, 1.807) is 0 Å². The highest BCUT2D eigenvalue weighted by atomic mass is 32.1. The second-order valence-electron chi connectivity index (χ2n) is 7.58. The summed E-state index contributed by atoms with van der Waals surface area (Å²) in [5.41, 5.74) is 0. The van der Waals surface area contributed by atoms with Gasteiger partial charge in [0.2, 0.25) is 17.7 Å². The molecule has 0 spiro atoms. The average molecular weight is 447 g/mol. The van der Waals surface area contributed by atoms with Gasteiger partial charge >= 0.3 is 11.9 Å². The van der Waals surface area contributed by atoms with Crippen molar-refractivity contribution in [3.8, 4) is 0 Å². The highest BCUT2D eigenvalue weighted by Crippen LogP contribution is 2.09. The summed E-state index contributed by atoms with van der Waals surface area (Å²) in [5, 5.41) is 28.3. The number of carboxylic acids is 2. The van der Waals surface area contributed by atoms with Crippen molar-refractivity contribution in [1.82, 2.24) is 21.3 Å². The van der Waals surface area contributed by atoms with Crippen molar-refractivity contribution in [2.45, 2.75) is 63.7 Å². The molecular formula is C18H30N4O7S. The second-order valence-corrected chi connectivity index (χ2v) is 7.95. The van der Waals surface area contributed by atoms with E-state index in [9.17, 15) is 24.0 Å². The number of amides is 3. The van der Waals surface area contributed by atoms with Crippen LogP contribution in [-0.2, 0) is 24.0 Å². The second kappa shape index (κ2) is 12.4. The molecule has 1 saturated heterocycles. The van der Waals surface area contributed by atoms with Gasteiger partial charge in [-0.1, -0.05) is 13.8 Å². The van der Waals surface area contributed by atoms with E-state index in [4.69, 9.17) is 10.2 Å². The lowest BCUT2D eigenvalue weighted by atomic mass is 10.0. The number of carboxylic acid groups (broad SMARTS) is 2. The number of carbonyl (C=O) groups is 5. The zero-order valence-electron chi connectivity index (χ0n) is 17.0. The summed E-state index contributed by atoms with van der Waals surface area (Å²) in [6, 6.07) is -4.22. The number of hydrogen-bond acceptors (Lipinski definition) is 7. The summed E-state index contributed by atoms with van der Waals surface area (Å²) in [4.78, 5) is 59.8. The van der Waals surface area contributed by atoms with Crippen LogP contribution in [0.5, 0.6) is 0 Å². The first-order valence-corrected chi connectivity index (χ1v) is 10.4. The maximum absolute atomic E-state index is 12.7. The molecule has 1 rings (SSSR count). The van der Waals surface area contributed by atoms with E-state index < -0.39 is 60.2 Å². The molecule has 4 unspecified atom stereocenters. The van der Waals surface area contributed by atoms with E-state index in [2.05, 4.69) is 33.9 Å². The first-order valence-electron chi connectivity index (χ1n) is 9.75. The van der Waals surface area contributed by atoms with Crippen LogP contribution >= 0.6 is 12.6 Å². The SMILES string of the molecule is CC(C)CC(NC(=O)C(CC(=O)O)NC(=O)C1CCCN1)C(=O)NC(CS)C(=O)O. The lowest BCUT2D eigenvalue weighted by Gasteiger charge is -2.25. The van der Waals surface area contributed by atoms with Crippen LogP contribution in [0.15, 0.2) is 0 Å². The van der Waals surface area contributed by atoms with Gasteiger partial charge in [-0.05, 0) is 31.7 Å². The molecule has 6 N–H and O–H groups in total. The molecule has 1 heterocycles. The van der Waals surface area contributed by atoms with Gasteiger partial charge in [0.05, 0.1) is 12.5 Å². The van der Waals surface area contributed by atoms with Crippen molar-refractivity contribution < 1.29 is 34.2 Å².